The maximum absolute atomic E-state index is 12.2. The van der Waals surface area contributed by atoms with Gasteiger partial charge in [0.05, 0.1) is 14.2 Å². The number of hydrogen-bond acceptors (Lipinski definition) is 6. The third-order valence-corrected chi connectivity index (χ3v) is 3.58. The molecule has 26 heavy (non-hydrogen) atoms. The number of anilines is 3. The van der Waals surface area contributed by atoms with Gasteiger partial charge >= 0.3 is 0 Å². The molecule has 0 atom stereocenters. The number of benzene rings is 2. The molecule has 0 spiro atoms. The molecule has 0 radical (unpaired) electrons. The predicted octanol–water partition coefficient (Wildman–Crippen LogP) is 3.49. The zero-order valence-corrected chi connectivity index (χ0v) is 14.4. The molecular formula is C19H18N4O3. The second-order valence-electron chi connectivity index (χ2n) is 5.32. The summed E-state index contributed by atoms with van der Waals surface area (Å²) in [6, 6.07) is 17.9. The van der Waals surface area contributed by atoms with Crippen molar-refractivity contribution < 1.29 is 14.3 Å². The van der Waals surface area contributed by atoms with Crippen LogP contribution in [0, 0.1) is 0 Å². The summed E-state index contributed by atoms with van der Waals surface area (Å²) in [5, 5.41) is 13.9. The number of nitrogens with zero attached hydrogens (tertiary/aromatic N) is 2. The molecule has 7 nitrogen and oxygen atoms in total. The van der Waals surface area contributed by atoms with Gasteiger partial charge in [-0.25, -0.2) is 0 Å². The highest BCUT2D eigenvalue weighted by atomic mass is 16.5. The topological polar surface area (TPSA) is 85.4 Å². The van der Waals surface area contributed by atoms with Crippen LogP contribution in [0.2, 0.25) is 0 Å². The van der Waals surface area contributed by atoms with Crippen molar-refractivity contribution in [3.05, 3.63) is 66.4 Å². The largest absolute Gasteiger partial charge is 0.493 e. The van der Waals surface area contributed by atoms with Crippen molar-refractivity contribution in [2.24, 2.45) is 0 Å². The van der Waals surface area contributed by atoms with Gasteiger partial charge in [0.2, 0.25) is 0 Å². The Morgan fingerprint density at radius 1 is 0.846 bits per heavy atom. The summed E-state index contributed by atoms with van der Waals surface area (Å²) in [5.41, 5.74) is 1.69. The van der Waals surface area contributed by atoms with Crippen LogP contribution in [-0.4, -0.2) is 30.3 Å². The van der Waals surface area contributed by atoms with E-state index in [1.54, 1.807) is 50.6 Å². The van der Waals surface area contributed by atoms with Crippen LogP contribution in [0.15, 0.2) is 60.7 Å². The molecule has 3 aromatic rings. The Morgan fingerprint density at radius 3 is 2.27 bits per heavy atom. The van der Waals surface area contributed by atoms with Crippen LogP contribution >= 0.6 is 0 Å². The van der Waals surface area contributed by atoms with Gasteiger partial charge in [-0.2, -0.15) is 0 Å². The van der Waals surface area contributed by atoms with Gasteiger partial charge in [0.1, 0.15) is 0 Å². The van der Waals surface area contributed by atoms with E-state index in [0.29, 0.717) is 23.0 Å². The van der Waals surface area contributed by atoms with Gasteiger partial charge in [-0.1, -0.05) is 18.2 Å². The number of rotatable bonds is 6. The summed E-state index contributed by atoms with van der Waals surface area (Å²) in [7, 11) is 3.15. The smallest absolute Gasteiger partial charge is 0.276 e. The van der Waals surface area contributed by atoms with Gasteiger partial charge in [-0.05, 0) is 36.4 Å². The third kappa shape index (κ3) is 4.07. The van der Waals surface area contributed by atoms with Crippen molar-refractivity contribution in [3.8, 4) is 11.5 Å². The average molecular weight is 350 g/mol. The first-order valence-electron chi connectivity index (χ1n) is 7.89. The van der Waals surface area contributed by atoms with E-state index in [4.69, 9.17) is 9.47 Å². The zero-order chi connectivity index (χ0) is 18.4. The lowest BCUT2D eigenvalue weighted by molar-refractivity contribution is 0.102. The van der Waals surface area contributed by atoms with Crippen LogP contribution in [0.4, 0.5) is 17.2 Å². The van der Waals surface area contributed by atoms with Crippen LogP contribution in [0.1, 0.15) is 10.5 Å². The number of para-hydroxylation sites is 1. The van der Waals surface area contributed by atoms with Gasteiger partial charge in [0.25, 0.3) is 5.91 Å². The second kappa shape index (κ2) is 7.98. The molecule has 0 saturated heterocycles. The highest BCUT2D eigenvalue weighted by Crippen LogP contribution is 2.30. The minimum Gasteiger partial charge on any atom is -0.493 e. The molecule has 0 aliphatic carbocycles. The quantitative estimate of drug-likeness (QED) is 0.708. The van der Waals surface area contributed by atoms with Crippen LogP contribution in [0.25, 0.3) is 0 Å². The Hall–Kier alpha value is -3.61. The summed E-state index contributed by atoms with van der Waals surface area (Å²) in [6.07, 6.45) is 0. The molecule has 1 amide bonds. The van der Waals surface area contributed by atoms with Gasteiger partial charge in [-0.3, -0.25) is 4.79 Å². The molecule has 1 aromatic heterocycles. The summed E-state index contributed by atoms with van der Waals surface area (Å²) < 4.78 is 10.5. The fourth-order valence-electron chi connectivity index (χ4n) is 2.30. The van der Waals surface area contributed by atoms with Crippen molar-refractivity contribution in [1.82, 2.24) is 10.2 Å². The summed E-state index contributed by atoms with van der Waals surface area (Å²) >= 11 is 0. The molecule has 0 bridgehead atoms. The van der Waals surface area contributed by atoms with Crippen molar-refractivity contribution in [3.63, 3.8) is 0 Å². The molecule has 0 aliphatic heterocycles. The number of nitrogens with one attached hydrogen (secondary N) is 2. The van der Waals surface area contributed by atoms with Crippen molar-refractivity contribution in [2.45, 2.75) is 0 Å². The normalized spacial score (nSPS) is 10.1. The number of hydrogen-bond donors (Lipinski definition) is 2. The SMILES string of the molecule is COc1ccc(Nc2ccc(C(=O)Nc3ccccc3)nn2)cc1OC. The van der Waals surface area contributed by atoms with Crippen molar-refractivity contribution in [1.29, 1.82) is 0 Å². The van der Waals surface area contributed by atoms with Crippen molar-refractivity contribution in [2.75, 3.05) is 24.9 Å². The Bertz CT molecular complexity index is 883. The molecule has 0 fully saturated rings. The monoisotopic (exact) mass is 350 g/mol. The van der Waals surface area contributed by atoms with Crippen LogP contribution in [0.3, 0.4) is 0 Å². The lowest BCUT2D eigenvalue weighted by atomic mass is 10.2. The predicted molar refractivity (Wildman–Crippen MR) is 99.3 cm³/mol. The minimum absolute atomic E-state index is 0.228. The number of carbonyl (C=O) groups is 1. The Morgan fingerprint density at radius 2 is 1.62 bits per heavy atom. The Labute approximate surface area is 151 Å². The molecule has 0 saturated carbocycles. The standard InChI is InChI=1S/C19H18N4O3/c1-25-16-10-8-14(12-17(16)26-2)20-18-11-9-15(22-23-18)19(24)21-13-6-4-3-5-7-13/h3-12H,1-2H3,(H,20,23)(H,21,24). The zero-order valence-electron chi connectivity index (χ0n) is 14.4. The molecule has 0 aliphatic rings. The van der Waals surface area contributed by atoms with E-state index in [1.165, 1.54) is 0 Å². The lowest BCUT2D eigenvalue weighted by Gasteiger charge is -2.10. The average Bonchev–Trinajstić information content (AvgIpc) is 2.69. The van der Waals surface area contributed by atoms with Crippen LogP contribution < -0.4 is 20.1 Å². The molecule has 0 unspecified atom stereocenters. The highest BCUT2D eigenvalue weighted by molar-refractivity contribution is 6.02. The first-order chi connectivity index (χ1) is 12.7. The van der Waals surface area contributed by atoms with Gasteiger partial charge in [0, 0.05) is 17.4 Å². The number of methoxy groups -OCH3 is 2. The molecule has 132 valence electrons. The lowest BCUT2D eigenvalue weighted by Crippen LogP contribution is -2.14. The summed E-state index contributed by atoms with van der Waals surface area (Å²) in [4.78, 5) is 12.2. The van der Waals surface area contributed by atoms with Crippen LogP contribution in [-0.2, 0) is 0 Å². The number of carbonyl (C=O) groups excluding carboxylic acids is 1. The first-order valence-corrected chi connectivity index (χ1v) is 7.89. The van der Waals surface area contributed by atoms with E-state index in [1.807, 2.05) is 24.3 Å². The molecule has 2 aromatic carbocycles. The van der Waals surface area contributed by atoms with Gasteiger partial charge < -0.3 is 20.1 Å². The Balaban J connectivity index is 1.69. The van der Waals surface area contributed by atoms with E-state index >= 15 is 0 Å². The van der Waals surface area contributed by atoms with Gasteiger partial charge in [0.15, 0.2) is 23.0 Å². The number of ether oxygens (including phenoxy) is 2. The molecule has 3 rings (SSSR count). The third-order valence-electron chi connectivity index (χ3n) is 3.58. The van der Waals surface area contributed by atoms with E-state index < -0.39 is 0 Å². The first kappa shape index (κ1) is 17.2. The molecule has 2 N–H and O–H groups in total. The minimum atomic E-state index is -0.318. The Kier molecular flexibility index (Phi) is 5.28. The van der Waals surface area contributed by atoms with Gasteiger partial charge in [-0.15, -0.1) is 10.2 Å². The summed E-state index contributed by atoms with van der Waals surface area (Å²) in [6.45, 7) is 0. The second-order valence-corrected chi connectivity index (χ2v) is 5.32. The number of amides is 1. The maximum atomic E-state index is 12.2. The van der Waals surface area contributed by atoms with E-state index in [0.717, 1.165) is 5.69 Å². The van der Waals surface area contributed by atoms with E-state index in [9.17, 15) is 4.79 Å². The summed E-state index contributed by atoms with van der Waals surface area (Å²) in [5.74, 6) is 1.43. The molecule has 1 heterocycles. The molecular weight excluding hydrogens is 332 g/mol. The molecule has 7 heteroatoms. The van der Waals surface area contributed by atoms with E-state index in [-0.39, 0.29) is 11.6 Å². The maximum Gasteiger partial charge on any atom is 0.276 e. The van der Waals surface area contributed by atoms with Crippen molar-refractivity contribution >= 4 is 23.1 Å². The van der Waals surface area contributed by atoms with Crippen LogP contribution in [0.5, 0.6) is 11.5 Å². The highest BCUT2D eigenvalue weighted by Gasteiger charge is 2.09. The fourth-order valence-corrected chi connectivity index (χ4v) is 2.30. The van der Waals surface area contributed by atoms with E-state index in [2.05, 4.69) is 20.8 Å². The number of aromatic nitrogens is 2. The fraction of sp³-hybridized carbons (Fsp3) is 0.105.